The molecule has 0 bridgehead atoms. The second-order valence-electron chi connectivity index (χ2n) is 5.76. The second kappa shape index (κ2) is 6.31. The molecule has 2 atom stereocenters. The Kier molecular flexibility index (Phi) is 4.62. The van der Waals surface area contributed by atoms with Gasteiger partial charge in [0, 0.05) is 23.1 Å². The molecule has 0 aromatic heterocycles. The summed E-state index contributed by atoms with van der Waals surface area (Å²) in [7, 11) is 0. The summed E-state index contributed by atoms with van der Waals surface area (Å²) in [5, 5.41) is 0. The monoisotopic (exact) mass is 370 g/mol. The first kappa shape index (κ1) is 15.4. The quantitative estimate of drug-likeness (QED) is 0.750. The molecule has 2 fully saturated rings. The van der Waals surface area contributed by atoms with Crippen molar-refractivity contribution >= 4 is 33.5 Å². The molecule has 0 N–H and O–H groups in total. The zero-order valence-corrected chi connectivity index (χ0v) is 14.5. The van der Waals surface area contributed by atoms with Crippen LogP contribution in [-0.2, 0) is 4.74 Å². The van der Waals surface area contributed by atoms with Crippen LogP contribution in [0.2, 0.25) is 0 Å². The summed E-state index contributed by atoms with van der Waals surface area (Å²) in [5.74, 6) is 2.96. The molecule has 0 amide bonds. The largest absolute Gasteiger partial charge is 0.489 e. The van der Waals surface area contributed by atoms with E-state index in [1.54, 1.807) is 6.92 Å². The van der Waals surface area contributed by atoms with E-state index in [1.165, 1.54) is 5.75 Å². The van der Waals surface area contributed by atoms with Gasteiger partial charge in [-0.05, 0) is 37.3 Å². The molecule has 2 aliphatic heterocycles. The van der Waals surface area contributed by atoms with Gasteiger partial charge in [-0.25, -0.2) is 0 Å². The van der Waals surface area contributed by atoms with Gasteiger partial charge >= 0.3 is 0 Å². The maximum absolute atomic E-state index is 11.8. The summed E-state index contributed by atoms with van der Waals surface area (Å²) in [6.45, 7) is 2.32. The number of ether oxygens (including phenoxy) is 2. The SMILES string of the molecule is CC(=O)c1cc(Br)ccc1OC1CCOC2(CCSC2)C1. The van der Waals surface area contributed by atoms with Crippen LogP contribution >= 0.6 is 27.7 Å². The smallest absolute Gasteiger partial charge is 0.163 e. The molecule has 114 valence electrons. The third kappa shape index (κ3) is 3.46. The number of Topliss-reactive ketones (excluding diaryl/α,β-unsaturated/α-hetero) is 1. The van der Waals surface area contributed by atoms with Crippen molar-refractivity contribution in [2.45, 2.75) is 37.9 Å². The van der Waals surface area contributed by atoms with Crippen LogP contribution in [0.3, 0.4) is 0 Å². The van der Waals surface area contributed by atoms with Gasteiger partial charge in [0.05, 0.1) is 17.8 Å². The van der Waals surface area contributed by atoms with Gasteiger partial charge in [-0.2, -0.15) is 11.8 Å². The summed E-state index contributed by atoms with van der Waals surface area (Å²) in [4.78, 5) is 11.8. The predicted molar refractivity (Wildman–Crippen MR) is 88.4 cm³/mol. The topological polar surface area (TPSA) is 35.5 Å². The van der Waals surface area contributed by atoms with E-state index in [4.69, 9.17) is 9.47 Å². The first-order valence-corrected chi connectivity index (χ1v) is 9.22. The Hall–Kier alpha value is -0.520. The number of carbonyl (C=O) groups excluding carboxylic acids is 1. The summed E-state index contributed by atoms with van der Waals surface area (Å²) < 4.78 is 13.1. The Labute approximate surface area is 137 Å². The van der Waals surface area contributed by atoms with Gasteiger partial charge in [0.15, 0.2) is 5.78 Å². The molecule has 3 rings (SSSR count). The lowest BCUT2D eigenvalue weighted by Gasteiger charge is -2.37. The van der Waals surface area contributed by atoms with Gasteiger partial charge in [-0.15, -0.1) is 0 Å². The van der Waals surface area contributed by atoms with Crippen LogP contribution in [-0.4, -0.2) is 35.6 Å². The average Bonchev–Trinajstić information content (AvgIpc) is 2.88. The van der Waals surface area contributed by atoms with Gasteiger partial charge in [-0.1, -0.05) is 15.9 Å². The fourth-order valence-electron chi connectivity index (χ4n) is 3.01. The molecule has 2 aliphatic rings. The van der Waals surface area contributed by atoms with Crippen LogP contribution in [0.25, 0.3) is 0 Å². The molecule has 1 aromatic carbocycles. The molecule has 2 saturated heterocycles. The highest BCUT2D eigenvalue weighted by Crippen LogP contribution is 2.39. The molecule has 0 radical (unpaired) electrons. The molecule has 2 unspecified atom stereocenters. The van der Waals surface area contributed by atoms with Gasteiger partial charge < -0.3 is 9.47 Å². The Balaban J connectivity index is 1.75. The van der Waals surface area contributed by atoms with Gasteiger partial charge in [0.25, 0.3) is 0 Å². The lowest BCUT2D eigenvalue weighted by atomic mass is 9.91. The summed E-state index contributed by atoms with van der Waals surface area (Å²) >= 11 is 5.36. The van der Waals surface area contributed by atoms with Crippen molar-refractivity contribution in [1.29, 1.82) is 0 Å². The Morgan fingerprint density at radius 1 is 1.52 bits per heavy atom. The first-order chi connectivity index (χ1) is 10.1. The van der Waals surface area contributed by atoms with E-state index >= 15 is 0 Å². The molecular formula is C16H19BrO3S. The zero-order chi connectivity index (χ0) is 14.9. The fraction of sp³-hybridized carbons (Fsp3) is 0.562. The third-order valence-corrected chi connectivity index (χ3v) is 5.85. The molecule has 21 heavy (non-hydrogen) atoms. The van der Waals surface area contributed by atoms with E-state index in [0.29, 0.717) is 11.3 Å². The van der Waals surface area contributed by atoms with Crippen molar-refractivity contribution in [3.8, 4) is 5.75 Å². The minimum atomic E-state index is -0.000661. The number of halogens is 1. The Morgan fingerprint density at radius 2 is 2.38 bits per heavy atom. The number of carbonyl (C=O) groups is 1. The van der Waals surface area contributed by atoms with Crippen molar-refractivity contribution in [3.05, 3.63) is 28.2 Å². The Morgan fingerprint density at radius 3 is 3.10 bits per heavy atom. The minimum Gasteiger partial charge on any atom is -0.489 e. The number of ketones is 1. The zero-order valence-electron chi connectivity index (χ0n) is 12.1. The van der Waals surface area contributed by atoms with Gasteiger partial charge in [0.2, 0.25) is 0 Å². The maximum atomic E-state index is 11.8. The third-order valence-electron chi connectivity index (χ3n) is 4.13. The summed E-state index contributed by atoms with van der Waals surface area (Å²) in [5.41, 5.74) is 0.644. The normalized spacial score (nSPS) is 28.8. The molecule has 5 heteroatoms. The van der Waals surface area contributed by atoms with E-state index in [9.17, 15) is 4.79 Å². The molecule has 1 spiro atoms. The van der Waals surface area contributed by atoms with E-state index < -0.39 is 0 Å². The summed E-state index contributed by atoms with van der Waals surface area (Å²) in [6.07, 6.45) is 3.06. The lowest BCUT2D eigenvalue weighted by Crippen LogP contribution is -2.43. The van der Waals surface area contributed by atoms with Gasteiger partial charge in [-0.3, -0.25) is 4.79 Å². The number of benzene rings is 1. The molecule has 0 saturated carbocycles. The predicted octanol–water partition coefficient (Wildman–Crippen LogP) is 4.09. The number of thioether (sulfide) groups is 1. The number of hydrogen-bond acceptors (Lipinski definition) is 4. The number of rotatable bonds is 3. The van der Waals surface area contributed by atoms with Crippen molar-refractivity contribution in [1.82, 2.24) is 0 Å². The highest BCUT2D eigenvalue weighted by atomic mass is 79.9. The molecule has 2 heterocycles. The van der Waals surface area contributed by atoms with Crippen LogP contribution in [0.15, 0.2) is 22.7 Å². The first-order valence-electron chi connectivity index (χ1n) is 7.27. The average molecular weight is 371 g/mol. The van der Waals surface area contributed by atoms with E-state index in [0.717, 1.165) is 36.1 Å². The highest BCUT2D eigenvalue weighted by Gasteiger charge is 2.41. The molecule has 3 nitrogen and oxygen atoms in total. The van der Waals surface area contributed by atoms with Crippen LogP contribution in [0.1, 0.15) is 36.5 Å². The van der Waals surface area contributed by atoms with Gasteiger partial charge in [0.1, 0.15) is 11.9 Å². The van der Waals surface area contributed by atoms with Crippen molar-refractivity contribution in [3.63, 3.8) is 0 Å². The van der Waals surface area contributed by atoms with E-state index in [-0.39, 0.29) is 17.5 Å². The van der Waals surface area contributed by atoms with Crippen LogP contribution in [0.5, 0.6) is 5.75 Å². The summed E-state index contributed by atoms with van der Waals surface area (Å²) in [6, 6.07) is 5.63. The van der Waals surface area contributed by atoms with Crippen molar-refractivity contribution in [2.75, 3.05) is 18.1 Å². The standard InChI is InChI=1S/C16H19BrO3S/c1-11(18)14-8-12(17)2-3-15(14)20-13-4-6-19-16(9-13)5-7-21-10-16/h2-3,8,13H,4-7,9-10H2,1H3. The van der Waals surface area contributed by atoms with E-state index in [2.05, 4.69) is 15.9 Å². The minimum absolute atomic E-state index is 0.000661. The van der Waals surface area contributed by atoms with Crippen LogP contribution in [0.4, 0.5) is 0 Å². The van der Waals surface area contributed by atoms with Crippen molar-refractivity contribution < 1.29 is 14.3 Å². The van der Waals surface area contributed by atoms with Crippen molar-refractivity contribution in [2.24, 2.45) is 0 Å². The molecular weight excluding hydrogens is 352 g/mol. The van der Waals surface area contributed by atoms with Crippen LogP contribution < -0.4 is 4.74 Å². The lowest BCUT2D eigenvalue weighted by molar-refractivity contribution is -0.0959. The van der Waals surface area contributed by atoms with E-state index in [1.807, 2.05) is 30.0 Å². The molecule has 0 aliphatic carbocycles. The second-order valence-corrected chi connectivity index (χ2v) is 7.78. The maximum Gasteiger partial charge on any atom is 0.163 e. The highest BCUT2D eigenvalue weighted by molar-refractivity contribution is 9.10. The Bertz CT molecular complexity index is 540. The number of hydrogen-bond donors (Lipinski definition) is 0. The molecule has 1 aromatic rings. The fourth-order valence-corrected chi connectivity index (χ4v) is 4.75. The van der Waals surface area contributed by atoms with Crippen LogP contribution in [0, 0.1) is 0 Å².